The van der Waals surface area contributed by atoms with E-state index in [-0.39, 0.29) is 6.61 Å². The summed E-state index contributed by atoms with van der Waals surface area (Å²) < 4.78 is 6.68. The zero-order chi connectivity index (χ0) is 24.7. The Labute approximate surface area is 220 Å². The molecule has 176 valence electrons. The van der Waals surface area contributed by atoms with Crippen LogP contribution in [-0.4, -0.2) is 18.0 Å². The Kier molecular flexibility index (Phi) is 9.36. The second-order valence-electron chi connectivity index (χ2n) is 7.19. The van der Waals surface area contributed by atoms with Gasteiger partial charge in [0.2, 0.25) is 11.8 Å². The molecule has 0 aliphatic heterocycles. The number of nitrogens with zero attached hydrogens (tertiary/aromatic N) is 1. The number of hydrogen-bond acceptors (Lipinski definition) is 4. The fourth-order valence-corrected chi connectivity index (χ4v) is 3.80. The van der Waals surface area contributed by atoms with Gasteiger partial charge < -0.3 is 10.1 Å². The van der Waals surface area contributed by atoms with Crippen LogP contribution in [-0.2, 0) is 16.2 Å². The van der Waals surface area contributed by atoms with Gasteiger partial charge in [-0.3, -0.25) is 9.59 Å². The van der Waals surface area contributed by atoms with Crippen molar-refractivity contribution in [1.29, 1.82) is 0 Å². The summed E-state index contributed by atoms with van der Waals surface area (Å²) in [7, 11) is 0. The predicted molar refractivity (Wildman–Crippen MR) is 140 cm³/mol. The van der Waals surface area contributed by atoms with Crippen LogP contribution >= 0.6 is 50.7 Å². The Morgan fingerprint density at radius 2 is 1.79 bits per heavy atom. The average Bonchev–Trinajstić information content (AvgIpc) is 2.76. The summed E-state index contributed by atoms with van der Waals surface area (Å²) in [5, 5.41) is 8.13. The highest BCUT2D eigenvalue weighted by atomic mass is 79.9. The van der Waals surface area contributed by atoms with E-state index < -0.39 is 18.2 Å². The van der Waals surface area contributed by atoms with Gasteiger partial charge in [0, 0.05) is 36.4 Å². The van der Waals surface area contributed by atoms with E-state index in [2.05, 4.69) is 31.8 Å². The molecule has 3 aromatic rings. The number of anilines is 1. The fourth-order valence-electron chi connectivity index (χ4n) is 2.78. The van der Waals surface area contributed by atoms with Crippen LogP contribution in [0.1, 0.15) is 23.1 Å². The fraction of sp³-hybridized carbons (Fsp3) is 0.125. The van der Waals surface area contributed by atoms with Gasteiger partial charge in [-0.1, -0.05) is 62.9 Å². The van der Waals surface area contributed by atoms with Crippen LogP contribution in [0.15, 0.2) is 64.2 Å². The lowest BCUT2D eigenvalue weighted by Gasteiger charge is -2.11. The summed E-state index contributed by atoms with van der Waals surface area (Å²) in [6, 6.07) is 15.6. The van der Waals surface area contributed by atoms with Crippen molar-refractivity contribution in [1.82, 2.24) is 5.43 Å². The van der Waals surface area contributed by atoms with E-state index in [0.29, 0.717) is 32.1 Å². The SMILES string of the molecule is Cc1ccc(NC(=O)CC(=O)NN=Cc2cc(Br)ccc2OCc2ccc(Cl)cc2Cl)cc1Cl. The first kappa shape index (κ1) is 26.0. The van der Waals surface area contributed by atoms with Crippen LogP contribution in [0.25, 0.3) is 0 Å². The number of hydrazone groups is 1. The minimum Gasteiger partial charge on any atom is -0.488 e. The molecule has 0 aliphatic rings. The standard InChI is InChI=1S/C24H19BrCl3N3O3/c1-14-2-6-19(10-20(14)27)30-23(32)11-24(33)31-29-12-16-8-17(25)4-7-22(16)34-13-15-3-5-18(26)9-21(15)28/h2-10,12H,11,13H2,1H3,(H,30,32)(H,31,33). The van der Waals surface area contributed by atoms with Gasteiger partial charge in [-0.2, -0.15) is 5.10 Å². The number of aryl methyl sites for hydroxylation is 1. The molecular formula is C24H19BrCl3N3O3. The van der Waals surface area contributed by atoms with E-state index in [0.717, 1.165) is 15.6 Å². The molecule has 10 heteroatoms. The van der Waals surface area contributed by atoms with Crippen LogP contribution in [0, 0.1) is 6.92 Å². The van der Waals surface area contributed by atoms with Crippen molar-refractivity contribution in [2.45, 2.75) is 20.0 Å². The number of carbonyl (C=O) groups excluding carboxylic acids is 2. The maximum Gasteiger partial charge on any atom is 0.249 e. The molecule has 0 saturated heterocycles. The monoisotopic (exact) mass is 581 g/mol. The van der Waals surface area contributed by atoms with Gasteiger partial charge in [0.05, 0.1) is 6.21 Å². The van der Waals surface area contributed by atoms with Gasteiger partial charge in [0.15, 0.2) is 0 Å². The third kappa shape index (κ3) is 7.74. The summed E-state index contributed by atoms with van der Waals surface area (Å²) in [6.45, 7) is 2.07. The third-order valence-electron chi connectivity index (χ3n) is 4.54. The van der Waals surface area contributed by atoms with Crippen molar-refractivity contribution < 1.29 is 14.3 Å². The van der Waals surface area contributed by atoms with Crippen LogP contribution < -0.4 is 15.5 Å². The van der Waals surface area contributed by atoms with Gasteiger partial charge in [0.25, 0.3) is 0 Å². The average molecular weight is 584 g/mol. The van der Waals surface area contributed by atoms with Crippen LogP contribution in [0.5, 0.6) is 5.75 Å². The molecule has 2 N–H and O–H groups in total. The Balaban J connectivity index is 1.57. The zero-order valence-corrected chi connectivity index (χ0v) is 21.7. The molecule has 0 heterocycles. The molecule has 3 rings (SSSR count). The van der Waals surface area contributed by atoms with Crippen molar-refractivity contribution in [3.8, 4) is 5.75 Å². The van der Waals surface area contributed by atoms with E-state index in [1.807, 2.05) is 13.0 Å². The minimum absolute atomic E-state index is 0.216. The van der Waals surface area contributed by atoms with Gasteiger partial charge in [-0.25, -0.2) is 5.43 Å². The van der Waals surface area contributed by atoms with Crippen molar-refractivity contribution in [2.75, 3.05) is 5.32 Å². The summed E-state index contributed by atoms with van der Waals surface area (Å²) >= 11 is 21.6. The molecule has 34 heavy (non-hydrogen) atoms. The van der Waals surface area contributed by atoms with Gasteiger partial charge in [-0.05, 0) is 55.0 Å². The number of halogens is 4. The molecule has 0 atom stereocenters. The van der Waals surface area contributed by atoms with Crippen LogP contribution in [0.2, 0.25) is 15.1 Å². The molecule has 0 bridgehead atoms. The molecule has 0 saturated carbocycles. The number of ether oxygens (including phenoxy) is 1. The van der Waals surface area contributed by atoms with Crippen LogP contribution in [0.3, 0.4) is 0 Å². The lowest BCUT2D eigenvalue weighted by atomic mass is 10.2. The number of rotatable bonds is 8. The highest BCUT2D eigenvalue weighted by Gasteiger charge is 2.10. The quantitative estimate of drug-likeness (QED) is 0.174. The minimum atomic E-state index is -0.572. The van der Waals surface area contributed by atoms with Gasteiger partial charge >= 0.3 is 0 Å². The normalized spacial score (nSPS) is 10.9. The first-order valence-electron chi connectivity index (χ1n) is 9.95. The highest BCUT2D eigenvalue weighted by Crippen LogP contribution is 2.26. The maximum absolute atomic E-state index is 12.1. The van der Waals surface area contributed by atoms with Crippen molar-refractivity contribution in [2.24, 2.45) is 5.10 Å². The molecule has 0 unspecified atom stereocenters. The molecular weight excluding hydrogens is 565 g/mol. The highest BCUT2D eigenvalue weighted by molar-refractivity contribution is 9.10. The molecule has 2 amide bonds. The Hall–Kier alpha value is -2.58. The number of amides is 2. The first-order valence-corrected chi connectivity index (χ1v) is 11.9. The number of nitrogens with one attached hydrogen (secondary N) is 2. The summed E-state index contributed by atoms with van der Waals surface area (Å²) in [5.41, 5.74) is 5.12. The maximum atomic E-state index is 12.1. The van der Waals surface area contributed by atoms with Crippen LogP contribution in [0.4, 0.5) is 5.69 Å². The van der Waals surface area contributed by atoms with E-state index in [9.17, 15) is 9.59 Å². The van der Waals surface area contributed by atoms with E-state index >= 15 is 0 Å². The largest absolute Gasteiger partial charge is 0.488 e. The second-order valence-corrected chi connectivity index (χ2v) is 9.36. The van der Waals surface area contributed by atoms with E-state index in [1.165, 1.54) is 6.21 Å². The summed E-state index contributed by atoms with van der Waals surface area (Å²) in [4.78, 5) is 24.2. The van der Waals surface area contributed by atoms with Gasteiger partial charge in [-0.15, -0.1) is 0 Å². The topological polar surface area (TPSA) is 79.8 Å². The Morgan fingerprint density at radius 1 is 1.00 bits per heavy atom. The van der Waals surface area contributed by atoms with Gasteiger partial charge in [0.1, 0.15) is 18.8 Å². The molecule has 0 aliphatic carbocycles. The molecule has 6 nitrogen and oxygen atoms in total. The molecule has 0 fully saturated rings. The molecule has 0 radical (unpaired) electrons. The lowest BCUT2D eigenvalue weighted by molar-refractivity contribution is -0.126. The second kappa shape index (κ2) is 12.2. The Morgan fingerprint density at radius 3 is 2.53 bits per heavy atom. The van der Waals surface area contributed by atoms with Crippen molar-refractivity contribution in [3.05, 3.63) is 90.8 Å². The lowest BCUT2D eigenvalue weighted by Crippen LogP contribution is -2.24. The van der Waals surface area contributed by atoms with E-state index in [1.54, 1.807) is 48.5 Å². The number of carbonyl (C=O) groups is 2. The number of hydrogen-bond donors (Lipinski definition) is 2. The summed E-state index contributed by atoms with van der Waals surface area (Å²) in [6.07, 6.45) is 1.03. The Bertz CT molecular complexity index is 1250. The predicted octanol–water partition coefficient (Wildman–Crippen LogP) is 6.78. The molecule has 0 spiro atoms. The molecule has 3 aromatic carbocycles. The van der Waals surface area contributed by atoms with Crippen molar-refractivity contribution >= 4 is 74.4 Å². The van der Waals surface area contributed by atoms with E-state index in [4.69, 9.17) is 39.5 Å². The van der Waals surface area contributed by atoms with Crippen molar-refractivity contribution in [3.63, 3.8) is 0 Å². The smallest absolute Gasteiger partial charge is 0.249 e. The zero-order valence-electron chi connectivity index (χ0n) is 17.9. The third-order valence-corrected chi connectivity index (χ3v) is 6.03. The molecule has 0 aromatic heterocycles. The number of benzene rings is 3. The first-order chi connectivity index (χ1) is 16.2. The summed E-state index contributed by atoms with van der Waals surface area (Å²) in [5.74, 6) is -0.530.